The van der Waals surface area contributed by atoms with Crippen molar-refractivity contribution in [3.8, 4) is 0 Å². The third-order valence-electron chi connectivity index (χ3n) is 5.97. The van der Waals surface area contributed by atoms with Gasteiger partial charge in [0.15, 0.2) is 0 Å². The summed E-state index contributed by atoms with van der Waals surface area (Å²) in [5, 5.41) is 4.11. The number of nitrogens with zero attached hydrogens (tertiary/aromatic N) is 2. The van der Waals surface area contributed by atoms with Crippen LogP contribution < -0.4 is 9.62 Å². The number of carbonyl (C=O) groups is 2. The maximum atomic E-state index is 13.9. The topological polar surface area (TPSA) is 86.8 Å². The molecule has 0 heterocycles. The quantitative estimate of drug-likeness (QED) is 0.252. The molecule has 0 aliphatic rings. The third kappa shape index (κ3) is 8.27. The molecule has 12 heteroatoms. The Hall–Kier alpha value is -2.49. The summed E-state index contributed by atoms with van der Waals surface area (Å²) in [6, 6.07) is 15.7. The summed E-state index contributed by atoms with van der Waals surface area (Å²) in [7, 11) is -4.24. The van der Waals surface area contributed by atoms with Crippen molar-refractivity contribution in [2.24, 2.45) is 5.92 Å². The van der Waals surface area contributed by atoms with Crippen molar-refractivity contribution in [1.29, 1.82) is 0 Å². The van der Waals surface area contributed by atoms with Crippen LogP contribution in [0.3, 0.4) is 0 Å². The zero-order valence-corrected chi connectivity index (χ0v) is 25.9. The fourth-order valence-corrected chi connectivity index (χ4v) is 5.80. The normalized spacial score (nSPS) is 12.2. The summed E-state index contributed by atoms with van der Waals surface area (Å²) in [5.74, 6) is -0.800. The molecule has 1 N–H and O–H groups in total. The van der Waals surface area contributed by atoms with Crippen molar-refractivity contribution in [3.05, 3.63) is 92.4 Å². The summed E-state index contributed by atoms with van der Waals surface area (Å²) >= 11 is 24.4. The standard InChI is InChI=1S/C28H29Cl4N3O4S/c1-18(2)15-33-28(37)19(3)34(16-20-7-12-25(31)26(32)13-20)27(36)17-35(23-6-4-5-22(30)14-23)40(38,39)24-10-8-21(29)9-11-24/h4-14,18-19H,15-17H2,1-3H3,(H,33,37). The summed E-state index contributed by atoms with van der Waals surface area (Å²) in [6.07, 6.45) is 0. The van der Waals surface area contributed by atoms with Crippen molar-refractivity contribution >= 4 is 73.9 Å². The molecule has 3 aromatic rings. The van der Waals surface area contributed by atoms with E-state index in [0.29, 0.717) is 22.2 Å². The van der Waals surface area contributed by atoms with E-state index in [1.807, 2.05) is 13.8 Å². The van der Waals surface area contributed by atoms with Crippen LogP contribution >= 0.6 is 46.4 Å². The summed E-state index contributed by atoms with van der Waals surface area (Å²) in [5.41, 5.74) is 0.795. The van der Waals surface area contributed by atoms with E-state index in [2.05, 4.69) is 5.32 Å². The van der Waals surface area contributed by atoms with Crippen LogP contribution in [0.1, 0.15) is 26.3 Å². The molecule has 3 rings (SSSR count). The molecule has 0 fully saturated rings. The van der Waals surface area contributed by atoms with Crippen LogP contribution in [-0.2, 0) is 26.2 Å². The molecule has 0 bridgehead atoms. The van der Waals surface area contributed by atoms with Crippen molar-refractivity contribution in [3.63, 3.8) is 0 Å². The second-order valence-electron chi connectivity index (χ2n) is 9.53. The fourth-order valence-electron chi connectivity index (χ4n) is 3.76. The molecule has 1 atom stereocenters. The van der Waals surface area contributed by atoms with Crippen LogP contribution in [0, 0.1) is 5.92 Å². The van der Waals surface area contributed by atoms with E-state index in [1.54, 1.807) is 37.3 Å². The SMILES string of the molecule is CC(C)CNC(=O)C(C)N(Cc1ccc(Cl)c(Cl)c1)C(=O)CN(c1cccc(Cl)c1)S(=O)(=O)c1ccc(Cl)cc1. The molecular formula is C28H29Cl4N3O4S. The molecule has 0 aliphatic heterocycles. The van der Waals surface area contributed by atoms with E-state index in [9.17, 15) is 18.0 Å². The first-order valence-electron chi connectivity index (χ1n) is 12.3. The molecule has 0 aliphatic carbocycles. The Morgan fingerprint density at radius 1 is 0.850 bits per heavy atom. The summed E-state index contributed by atoms with van der Waals surface area (Å²) in [4.78, 5) is 28.2. The molecule has 1 unspecified atom stereocenters. The van der Waals surface area contributed by atoms with Gasteiger partial charge in [0.2, 0.25) is 11.8 Å². The van der Waals surface area contributed by atoms with Crippen LogP contribution in [0.15, 0.2) is 71.6 Å². The molecule has 3 aromatic carbocycles. The Morgan fingerprint density at radius 3 is 2.12 bits per heavy atom. The van der Waals surface area contributed by atoms with Crippen LogP contribution in [-0.4, -0.2) is 44.3 Å². The molecule has 7 nitrogen and oxygen atoms in total. The number of anilines is 1. The second-order valence-corrected chi connectivity index (χ2v) is 13.1. The predicted octanol–water partition coefficient (Wildman–Crippen LogP) is 6.69. The lowest BCUT2D eigenvalue weighted by Gasteiger charge is -2.32. The number of halogens is 4. The van der Waals surface area contributed by atoms with Gasteiger partial charge in [0.05, 0.1) is 20.6 Å². The highest BCUT2D eigenvalue weighted by Crippen LogP contribution is 2.28. The Bertz CT molecular complexity index is 1470. The molecular weight excluding hydrogens is 616 g/mol. The molecule has 0 saturated heterocycles. The maximum Gasteiger partial charge on any atom is 0.264 e. The van der Waals surface area contributed by atoms with Gasteiger partial charge in [0, 0.05) is 23.1 Å². The number of carbonyl (C=O) groups excluding carboxylic acids is 2. The zero-order chi connectivity index (χ0) is 29.6. The van der Waals surface area contributed by atoms with E-state index in [0.717, 1.165) is 4.31 Å². The first-order chi connectivity index (χ1) is 18.8. The van der Waals surface area contributed by atoms with E-state index in [4.69, 9.17) is 46.4 Å². The average molecular weight is 645 g/mol. The van der Waals surface area contributed by atoms with E-state index in [1.165, 1.54) is 41.3 Å². The lowest BCUT2D eigenvalue weighted by atomic mass is 10.1. The maximum absolute atomic E-state index is 13.9. The largest absolute Gasteiger partial charge is 0.354 e. The van der Waals surface area contributed by atoms with Crippen molar-refractivity contribution in [2.45, 2.75) is 38.3 Å². The van der Waals surface area contributed by atoms with Crippen LogP contribution in [0.2, 0.25) is 20.1 Å². The Kier molecular flexibility index (Phi) is 11.1. The number of rotatable bonds is 11. The molecule has 2 amide bonds. The third-order valence-corrected chi connectivity index (χ3v) is 8.98. The number of benzene rings is 3. The van der Waals surface area contributed by atoms with Gasteiger partial charge in [-0.15, -0.1) is 0 Å². The van der Waals surface area contributed by atoms with E-state index >= 15 is 0 Å². The van der Waals surface area contributed by atoms with Crippen molar-refractivity contribution in [1.82, 2.24) is 10.2 Å². The van der Waals surface area contributed by atoms with Gasteiger partial charge in [-0.3, -0.25) is 13.9 Å². The molecule has 0 spiro atoms. The molecule has 214 valence electrons. The minimum Gasteiger partial charge on any atom is -0.354 e. The van der Waals surface area contributed by atoms with E-state index < -0.39 is 28.5 Å². The van der Waals surface area contributed by atoms with Crippen molar-refractivity contribution in [2.75, 3.05) is 17.4 Å². The predicted molar refractivity (Wildman–Crippen MR) is 162 cm³/mol. The lowest BCUT2D eigenvalue weighted by molar-refractivity contribution is -0.139. The van der Waals surface area contributed by atoms with Crippen molar-refractivity contribution < 1.29 is 18.0 Å². The monoisotopic (exact) mass is 643 g/mol. The molecule has 0 radical (unpaired) electrons. The van der Waals surface area contributed by atoms with Gasteiger partial charge >= 0.3 is 0 Å². The van der Waals surface area contributed by atoms with Crippen LogP contribution in [0.4, 0.5) is 5.69 Å². The number of nitrogens with one attached hydrogen (secondary N) is 1. The highest BCUT2D eigenvalue weighted by Gasteiger charge is 2.32. The van der Waals surface area contributed by atoms with E-state index in [-0.39, 0.29) is 39.0 Å². The smallest absolute Gasteiger partial charge is 0.264 e. The van der Waals surface area contributed by atoms with Gasteiger partial charge in [0.1, 0.15) is 12.6 Å². The first-order valence-corrected chi connectivity index (χ1v) is 15.3. The van der Waals surface area contributed by atoms with Gasteiger partial charge in [-0.05, 0) is 73.0 Å². The highest BCUT2D eigenvalue weighted by molar-refractivity contribution is 7.92. The second kappa shape index (κ2) is 13.9. The number of hydrogen-bond acceptors (Lipinski definition) is 4. The van der Waals surface area contributed by atoms with Gasteiger partial charge in [-0.1, -0.05) is 72.4 Å². The molecule has 0 aromatic heterocycles. The summed E-state index contributed by atoms with van der Waals surface area (Å²) < 4.78 is 28.5. The lowest BCUT2D eigenvalue weighted by Crippen LogP contribution is -2.51. The molecule has 40 heavy (non-hydrogen) atoms. The Labute approximate surface area is 255 Å². The number of amides is 2. The Morgan fingerprint density at radius 2 is 1.52 bits per heavy atom. The summed E-state index contributed by atoms with van der Waals surface area (Å²) in [6.45, 7) is 5.28. The Balaban J connectivity index is 2.03. The van der Waals surface area contributed by atoms with Gasteiger partial charge < -0.3 is 10.2 Å². The fraction of sp³-hybridized carbons (Fsp3) is 0.286. The molecule has 0 saturated carbocycles. The minimum absolute atomic E-state index is 0.0175. The van der Waals surface area contributed by atoms with Crippen LogP contribution in [0.5, 0.6) is 0 Å². The van der Waals surface area contributed by atoms with Crippen LogP contribution in [0.25, 0.3) is 0 Å². The number of hydrogen-bond donors (Lipinski definition) is 1. The van der Waals surface area contributed by atoms with Gasteiger partial charge in [-0.25, -0.2) is 8.42 Å². The number of sulfonamides is 1. The van der Waals surface area contributed by atoms with Gasteiger partial charge in [-0.2, -0.15) is 0 Å². The highest BCUT2D eigenvalue weighted by atomic mass is 35.5. The zero-order valence-electron chi connectivity index (χ0n) is 22.1. The minimum atomic E-state index is -4.24. The van der Waals surface area contributed by atoms with Gasteiger partial charge in [0.25, 0.3) is 10.0 Å². The average Bonchev–Trinajstić information content (AvgIpc) is 2.90. The first kappa shape index (κ1) is 32.0.